The van der Waals surface area contributed by atoms with Crippen LogP contribution >= 0.6 is 35.8 Å². The molecule has 0 radical (unpaired) electrons. The molecule has 0 fully saturated rings. The molecule has 0 aromatic heterocycles. The van der Waals surface area contributed by atoms with Crippen LogP contribution in [-0.2, 0) is 0 Å². The number of alkyl halides is 2. The van der Waals surface area contributed by atoms with Crippen molar-refractivity contribution < 1.29 is 4.70 Å². The standard InChI is InChI=1S/CH2Cl2S.FH/c2-1(3)4;/h1,4H;1H. The zero-order chi connectivity index (χ0) is 3.58. The Bertz CT molecular complexity index is 14.4. The molecule has 0 saturated heterocycles. The van der Waals surface area contributed by atoms with Crippen LogP contribution in [0.5, 0.6) is 0 Å². The summed E-state index contributed by atoms with van der Waals surface area (Å²) in [5, 5.41) is 0. The van der Waals surface area contributed by atoms with E-state index < -0.39 is 4.17 Å². The molecule has 0 N–H and O–H groups in total. The molecule has 0 aliphatic carbocycles. The quantitative estimate of drug-likeness (QED) is 0.382. The molecular weight excluding hydrogens is 134 g/mol. The van der Waals surface area contributed by atoms with Crippen LogP contribution in [0.4, 0.5) is 4.70 Å². The number of hydrogen-bond acceptors (Lipinski definition) is 1. The Hall–Kier alpha value is 0.860. The minimum absolute atomic E-state index is 0. The van der Waals surface area contributed by atoms with Crippen molar-refractivity contribution in [2.45, 2.75) is 4.17 Å². The highest BCUT2D eigenvalue weighted by Gasteiger charge is 1.76. The van der Waals surface area contributed by atoms with Gasteiger partial charge in [0.15, 0.2) is 0 Å². The first-order valence-electron chi connectivity index (χ1n) is 0.695. The Labute approximate surface area is 45.2 Å². The molecule has 0 unspecified atom stereocenters. The third-order valence-corrected chi connectivity index (χ3v) is 0. The zero-order valence-corrected chi connectivity index (χ0v) is 4.60. The maximum absolute atomic E-state index is 4.90. The Morgan fingerprint density at radius 2 is 1.40 bits per heavy atom. The van der Waals surface area contributed by atoms with Crippen molar-refractivity contribution in [2.24, 2.45) is 0 Å². The summed E-state index contributed by atoms with van der Waals surface area (Å²) in [6.45, 7) is 0. The fourth-order valence-electron chi connectivity index (χ4n) is 0. The first kappa shape index (κ1) is 9.29. The molecular formula is CH3Cl2FS. The van der Waals surface area contributed by atoms with E-state index in [1.54, 1.807) is 0 Å². The van der Waals surface area contributed by atoms with Crippen molar-refractivity contribution in [3.05, 3.63) is 0 Å². The predicted molar refractivity (Wildman–Crippen MR) is 27.0 cm³/mol. The smallest absolute Gasteiger partial charge is 0.150 e. The van der Waals surface area contributed by atoms with Gasteiger partial charge in [-0.2, -0.15) is 0 Å². The highest BCUT2D eigenvalue weighted by Crippen LogP contribution is 2.02. The van der Waals surface area contributed by atoms with Crippen molar-refractivity contribution in [2.75, 3.05) is 0 Å². The van der Waals surface area contributed by atoms with E-state index in [0.717, 1.165) is 0 Å². The minimum atomic E-state index is -0.528. The Kier molecular flexibility index (Phi) is 9.03. The number of thiol groups is 1. The molecule has 0 aromatic rings. The molecule has 0 spiro atoms. The van der Waals surface area contributed by atoms with Crippen LogP contribution in [0.25, 0.3) is 0 Å². The fourth-order valence-corrected chi connectivity index (χ4v) is 0. The van der Waals surface area contributed by atoms with Gasteiger partial charge >= 0.3 is 0 Å². The normalized spacial score (nSPS) is 7.20. The average Bonchev–Trinajstić information content (AvgIpc) is 0.811. The Balaban J connectivity index is 0. The zero-order valence-electron chi connectivity index (χ0n) is 2.19. The van der Waals surface area contributed by atoms with Crippen molar-refractivity contribution >= 4 is 35.8 Å². The molecule has 0 bridgehead atoms. The number of rotatable bonds is 0. The molecule has 0 amide bonds. The van der Waals surface area contributed by atoms with Crippen molar-refractivity contribution in [1.82, 2.24) is 0 Å². The van der Waals surface area contributed by atoms with Crippen LogP contribution in [0.2, 0.25) is 0 Å². The summed E-state index contributed by atoms with van der Waals surface area (Å²) in [5.41, 5.74) is 0. The summed E-state index contributed by atoms with van der Waals surface area (Å²) >= 11 is 13.3. The lowest BCUT2D eigenvalue weighted by Gasteiger charge is -1.72. The van der Waals surface area contributed by atoms with Crippen LogP contribution < -0.4 is 0 Å². The van der Waals surface area contributed by atoms with Gasteiger partial charge in [0.1, 0.15) is 4.17 Å². The lowest BCUT2D eigenvalue weighted by Crippen LogP contribution is -1.55. The van der Waals surface area contributed by atoms with Gasteiger partial charge in [-0.1, -0.05) is 23.2 Å². The molecule has 0 rings (SSSR count). The maximum atomic E-state index is 4.90. The van der Waals surface area contributed by atoms with Crippen LogP contribution in [0, 0.1) is 0 Å². The van der Waals surface area contributed by atoms with Crippen LogP contribution in [0.15, 0.2) is 0 Å². The lowest BCUT2D eigenvalue weighted by molar-refractivity contribution is 1.11. The first-order valence-corrected chi connectivity index (χ1v) is 2.08. The van der Waals surface area contributed by atoms with E-state index in [0.29, 0.717) is 0 Å². The first-order chi connectivity index (χ1) is 1.73. The molecule has 0 nitrogen and oxygen atoms in total. The second-order valence-corrected chi connectivity index (χ2v) is 2.50. The van der Waals surface area contributed by atoms with E-state index in [9.17, 15) is 0 Å². The van der Waals surface area contributed by atoms with Gasteiger partial charge in [-0.25, -0.2) is 0 Å². The molecule has 5 heavy (non-hydrogen) atoms. The summed E-state index contributed by atoms with van der Waals surface area (Å²) < 4.78 is -0.528. The molecule has 0 aromatic carbocycles. The molecule has 0 aliphatic rings. The third kappa shape index (κ3) is 53.7. The van der Waals surface area contributed by atoms with Crippen LogP contribution in [-0.4, -0.2) is 4.17 Å². The van der Waals surface area contributed by atoms with Crippen molar-refractivity contribution in [1.29, 1.82) is 0 Å². The van der Waals surface area contributed by atoms with Gasteiger partial charge in [-0.15, -0.1) is 12.6 Å². The van der Waals surface area contributed by atoms with Crippen LogP contribution in [0.3, 0.4) is 0 Å². The highest BCUT2D eigenvalue weighted by molar-refractivity contribution is 7.84. The Morgan fingerprint density at radius 1 is 1.40 bits per heavy atom. The van der Waals surface area contributed by atoms with Gasteiger partial charge < -0.3 is 0 Å². The van der Waals surface area contributed by atoms with Crippen LogP contribution in [0.1, 0.15) is 0 Å². The molecule has 0 heterocycles. The fraction of sp³-hybridized carbons (Fsp3) is 1.00. The van der Waals surface area contributed by atoms with Gasteiger partial charge in [-0.05, 0) is 0 Å². The largest absolute Gasteiger partial charge is 0.269 e. The third-order valence-electron chi connectivity index (χ3n) is 0. The van der Waals surface area contributed by atoms with E-state index in [1.165, 1.54) is 0 Å². The summed E-state index contributed by atoms with van der Waals surface area (Å²) in [7, 11) is 0. The van der Waals surface area contributed by atoms with Crippen molar-refractivity contribution in [3.8, 4) is 0 Å². The summed E-state index contributed by atoms with van der Waals surface area (Å²) in [6.07, 6.45) is 0. The van der Waals surface area contributed by atoms with E-state index in [4.69, 9.17) is 23.2 Å². The van der Waals surface area contributed by atoms with Gasteiger partial charge in [0.25, 0.3) is 0 Å². The molecule has 4 heteroatoms. The van der Waals surface area contributed by atoms with Gasteiger partial charge in [0.05, 0.1) is 0 Å². The monoisotopic (exact) mass is 136 g/mol. The Morgan fingerprint density at radius 3 is 1.40 bits per heavy atom. The van der Waals surface area contributed by atoms with Crippen molar-refractivity contribution in [3.63, 3.8) is 0 Å². The molecule has 0 atom stereocenters. The summed E-state index contributed by atoms with van der Waals surface area (Å²) in [6, 6.07) is 0. The van der Waals surface area contributed by atoms with E-state index in [1.807, 2.05) is 0 Å². The SMILES string of the molecule is F.SC(Cl)Cl. The molecule has 0 aliphatic heterocycles. The number of halogens is 3. The predicted octanol–water partition coefficient (Wildman–Crippen LogP) is 1.83. The lowest BCUT2D eigenvalue weighted by atomic mass is 11.9. The average molecular weight is 137 g/mol. The summed E-state index contributed by atoms with van der Waals surface area (Å²) in [4.78, 5) is 0. The minimum Gasteiger partial charge on any atom is -0.269 e. The van der Waals surface area contributed by atoms with Gasteiger partial charge in [0, 0.05) is 0 Å². The topological polar surface area (TPSA) is 0 Å². The molecule has 0 saturated carbocycles. The van der Waals surface area contributed by atoms with E-state index in [2.05, 4.69) is 12.6 Å². The highest BCUT2D eigenvalue weighted by atomic mass is 35.5. The second kappa shape index (κ2) is 4.86. The summed E-state index contributed by atoms with van der Waals surface area (Å²) in [5.74, 6) is 0. The second-order valence-electron chi connectivity index (χ2n) is 0.278. The number of hydrogen-bond donors (Lipinski definition) is 1. The maximum Gasteiger partial charge on any atom is 0.150 e. The molecule has 34 valence electrons. The van der Waals surface area contributed by atoms with E-state index in [-0.39, 0.29) is 4.70 Å². The van der Waals surface area contributed by atoms with Gasteiger partial charge in [0.2, 0.25) is 0 Å². The van der Waals surface area contributed by atoms with E-state index >= 15 is 0 Å². The van der Waals surface area contributed by atoms with Gasteiger partial charge in [-0.3, -0.25) is 4.70 Å².